The molecule has 0 amide bonds. The molecule has 0 aromatic rings. The largest absolute Gasteiger partial charge is 0.302 e. The summed E-state index contributed by atoms with van der Waals surface area (Å²) in [5.41, 5.74) is 5.36. The van der Waals surface area contributed by atoms with E-state index in [1.165, 1.54) is 52.0 Å². The topological polar surface area (TPSA) is 67.6 Å². The molecule has 6 heteroatoms. The maximum absolute atomic E-state index is 7.39. The van der Waals surface area contributed by atoms with Gasteiger partial charge in [0.05, 0.1) is 19.3 Å². The predicted molar refractivity (Wildman–Crippen MR) is 109 cm³/mol. The zero-order valence-electron chi connectivity index (χ0n) is 17.9. The molecule has 6 nitrogen and oxygen atoms in total. The fourth-order valence-electron chi connectivity index (χ4n) is 5.57. The Morgan fingerprint density at radius 1 is 1.15 bits per heavy atom. The average molecular weight is 377 g/mol. The highest BCUT2D eigenvalue weighted by molar-refractivity contribution is 5.09. The number of likely N-dealkylation sites (N-methyl/N-ethyl adjacent to an activating group) is 1. The fourth-order valence-corrected chi connectivity index (χ4v) is 5.57. The van der Waals surface area contributed by atoms with Crippen LogP contribution in [-0.4, -0.2) is 30.9 Å². The molecule has 1 aliphatic heterocycles. The van der Waals surface area contributed by atoms with E-state index in [0.717, 1.165) is 35.6 Å². The summed E-state index contributed by atoms with van der Waals surface area (Å²) >= 11 is 0. The van der Waals surface area contributed by atoms with E-state index >= 15 is 0 Å². The van der Waals surface area contributed by atoms with Gasteiger partial charge in [-0.15, -0.1) is 0 Å². The predicted octanol–water partition coefficient (Wildman–Crippen LogP) is 4.76. The highest BCUT2D eigenvalue weighted by Gasteiger charge is 2.56. The van der Waals surface area contributed by atoms with Crippen LogP contribution in [0.1, 0.15) is 65.7 Å². The summed E-state index contributed by atoms with van der Waals surface area (Å²) < 4.78 is 2.13. The first-order chi connectivity index (χ1) is 13.1. The van der Waals surface area contributed by atoms with Crippen LogP contribution in [0, 0.1) is 35.0 Å². The van der Waals surface area contributed by atoms with E-state index in [-0.39, 0.29) is 0 Å². The molecule has 0 aromatic heterocycles. The number of allylic oxidation sites excluding steroid dienone is 2. The molecule has 5 aliphatic rings. The first-order valence-electron chi connectivity index (χ1n) is 11.0. The minimum absolute atomic E-state index is 0.693. The highest BCUT2D eigenvalue weighted by atomic mass is 15.6. The van der Waals surface area contributed by atoms with Gasteiger partial charge in [0.1, 0.15) is 0 Å². The van der Waals surface area contributed by atoms with Gasteiger partial charge in [0, 0.05) is 11.8 Å². The van der Waals surface area contributed by atoms with Crippen LogP contribution in [0.5, 0.6) is 0 Å². The normalized spacial score (nSPS) is 38.1. The summed E-state index contributed by atoms with van der Waals surface area (Å²) in [5.74, 6) is 4.85. The van der Waals surface area contributed by atoms with Crippen molar-refractivity contribution in [1.82, 2.24) is 10.9 Å². The molecule has 27 heavy (non-hydrogen) atoms. The smallest absolute Gasteiger partial charge is 0.175 e. The van der Waals surface area contributed by atoms with Crippen LogP contribution in [0.4, 0.5) is 0 Å². The third-order valence-electron chi connectivity index (χ3n) is 6.71. The fraction of sp³-hybridized carbons (Fsp3) is 0.905. The molecule has 2 N–H and O–H groups in total. The van der Waals surface area contributed by atoms with Crippen molar-refractivity contribution in [2.75, 3.05) is 14.1 Å². The van der Waals surface area contributed by atoms with Gasteiger partial charge in [0.15, 0.2) is 12.1 Å². The summed E-state index contributed by atoms with van der Waals surface area (Å²) in [4.78, 5) is 0. The molecule has 0 saturated heterocycles. The van der Waals surface area contributed by atoms with Crippen molar-refractivity contribution in [3.05, 3.63) is 17.2 Å². The van der Waals surface area contributed by atoms with Crippen LogP contribution in [-0.2, 0) is 0 Å². The Kier molecular flexibility index (Phi) is 8.53. The zero-order valence-corrected chi connectivity index (χ0v) is 17.9. The van der Waals surface area contributed by atoms with Gasteiger partial charge in [-0.3, -0.25) is 0 Å². The van der Waals surface area contributed by atoms with Gasteiger partial charge in [0.2, 0.25) is 0 Å². The minimum atomic E-state index is 0.693. The molecule has 5 rings (SSSR count). The minimum Gasteiger partial charge on any atom is -0.175 e. The second kappa shape index (κ2) is 10.6. The highest BCUT2D eigenvalue weighted by Crippen LogP contribution is 2.47. The first-order valence-corrected chi connectivity index (χ1v) is 11.0. The Morgan fingerprint density at radius 3 is 2.26 bits per heavy atom. The maximum atomic E-state index is 7.39. The SMILES string of the molecule is CCC.CCC1CC2C=CC1C2.CN[N+]#N.C[N+]1=NNC2C3CCC(C3)C21. The van der Waals surface area contributed by atoms with Gasteiger partial charge >= 0.3 is 5.08 Å². The lowest BCUT2D eigenvalue weighted by molar-refractivity contribution is -0.596. The van der Waals surface area contributed by atoms with E-state index in [2.05, 4.69) is 65.8 Å². The van der Waals surface area contributed by atoms with Crippen LogP contribution >= 0.6 is 0 Å². The summed E-state index contributed by atoms with van der Waals surface area (Å²) in [6, 6.07) is 1.42. The van der Waals surface area contributed by atoms with Crippen molar-refractivity contribution in [3.8, 4) is 0 Å². The monoisotopic (exact) mass is 376 g/mol. The Bertz CT molecular complexity index is 551. The van der Waals surface area contributed by atoms with Gasteiger partial charge < -0.3 is 0 Å². The van der Waals surface area contributed by atoms with Crippen molar-refractivity contribution >= 4 is 0 Å². The van der Waals surface area contributed by atoms with Crippen molar-refractivity contribution in [2.45, 2.75) is 77.8 Å². The molecule has 3 fully saturated rings. The molecule has 4 bridgehead atoms. The third kappa shape index (κ3) is 5.21. The Balaban J connectivity index is 0.000000148. The molecule has 7 unspecified atom stereocenters. The van der Waals surface area contributed by atoms with Gasteiger partial charge in [-0.05, 0) is 55.3 Å². The molecule has 152 valence electrons. The molecule has 1 heterocycles. The molecule has 0 radical (unpaired) electrons. The van der Waals surface area contributed by atoms with Crippen molar-refractivity contribution < 1.29 is 4.70 Å². The van der Waals surface area contributed by atoms with Gasteiger partial charge in [-0.1, -0.05) is 45.8 Å². The lowest BCUT2D eigenvalue weighted by Gasteiger charge is -2.18. The molecule has 3 saturated carbocycles. The number of hydrogen-bond donors (Lipinski definition) is 2. The number of nitrogens with one attached hydrogen (secondary N) is 2. The first kappa shape index (κ1) is 21.7. The standard InChI is InChI=1S/C9H14.C8H13N3.C3H8.CH4N3/c1-2-8-5-7-3-4-9(8)6-7;1-11-8-6-3-2-5(4-6)7(8)9-10-11;1-3-2;1-3-4-2/h3-4,7-9H,2,5-6H2,1H3;5-8H,2-4H2,1H3;3H2,1-2H3;3H,1H3/q;;;+1/p+1. The number of hydrogen-bond acceptors (Lipinski definition) is 4. The van der Waals surface area contributed by atoms with Crippen LogP contribution in [0.25, 0.3) is 5.08 Å². The van der Waals surface area contributed by atoms with Crippen LogP contribution < -0.4 is 10.9 Å². The van der Waals surface area contributed by atoms with E-state index < -0.39 is 0 Å². The number of diazo groups is 1. The summed E-state index contributed by atoms with van der Waals surface area (Å²) in [6.45, 7) is 6.57. The van der Waals surface area contributed by atoms with E-state index in [9.17, 15) is 0 Å². The molecular formula is C21H40N6+2. The van der Waals surface area contributed by atoms with E-state index in [1.54, 1.807) is 0 Å². The number of nitrogens with zero attached hydrogens (tertiary/aromatic N) is 4. The Labute approximate surface area is 165 Å². The van der Waals surface area contributed by atoms with E-state index in [1.807, 2.05) is 0 Å². The lowest BCUT2D eigenvalue weighted by atomic mass is 9.91. The summed E-state index contributed by atoms with van der Waals surface area (Å²) in [5, 5.41) is 14.1. The van der Waals surface area contributed by atoms with Crippen LogP contribution in [0.15, 0.2) is 17.4 Å². The van der Waals surface area contributed by atoms with Crippen molar-refractivity contribution in [3.63, 3.8) is 0 Å². The quantitative estimate of drug-likeness (QED) is 0.300. The second-order valence-corrected chi connectivity index (χ2v) is 8.63. The Hall–Kier alpha value is -1.64. The number of rotatable bonds is 1. The molecule has 4 aliphatic carbocycles. The molecular weight excluding hydrogens is 336 g/mol. The zero-order chi connectivity index (χ0) is 19.8. The van der Waals surface area contributed by atoms with E-state index in [4.69, 9.17) is 5.39 Å². The lowest BCUT2D eigenvalue weighted by Crippen LogP contribution is -2.39. The second-order valence-electron chi connectivity index (χ2n) is 8.63. The summed E-state index contributed by atoms with van der Waals surface area (Å²) in [7, 11) is 3.61. The molecule has 7 atom stereocenters. The molecule has 0 aromatic carbocycles. The van der Waals surface area contributed by atoms with Crippen molar-refractivity contribution in [1.29, 1.82) is 5.39 Å². The summed E-state index contributed by atoms with van der Waals surface area (Å²) in [6.07, 6.45) is 14.8. The number of fused-ring (bicyclic) bond motifs is 7. The van der Waals surface area contributed by atoms with Crippen LogP contribution in [0.2, 0.25) is 0 Å². The average Bonchev–Trinajstić information content (AvgIpc) is 3.48. The van der Waals surface area contributed by atoms with Gasteiger partial charge in [0.25, 0.3) is 5.39 Å². The third-order valence-corrected chi connectivity index (χ3v) is 6.71. The van der Waals surface area contributed by atoms with Gasteiger partial charge in [-0.2, -0.15) is 10.1 Å². The van der Waals surface area contributed by atoms with Gasteiger partial charge in [-0.25, -0.2) is 0 Å². The van der Waals surface area contributed by atoms with E-state index in [0.29, 0.717) is 6.04 Å². The maximum Gasteiger partial charge on any atom is 0.302 e. The molecule has 0 spiro atoms. The Morgan fingerprint density at radius 2 is 1.81 bits per heavy atom. The van der Waals surface area contributed by atoms with Crippen LogP contribution in [0.3, 0.4) is 0 Å². The van der Waals surface area contributed by atoms with Crippen molar-refractivity contribution in [2.24, 2.45) is 34.8 Å².